The lowest BCUT2D eigenvalue weighted by molar-refractivity contribution is -0.174. The van der Waals surface area contributed by atoms with Crippen LogP contribution in [-0.4, -0.2) is 25.4 Å². The maximum atomic E-state index is 11.4. The molecule has 0 spiro atoms. The van der Waals surface area contributed by atoms with Gasteiger partial charge in [0.1, 0.15) is 6.61 Å². The number of halogens is 3. The Kier molecular flexibility index (Phi) is 4.44. The Labute approximate surface area is 63.5 Å². The molecule has 0 heterocycles. The Morgan fingerprint density at radius 2 is 2.00 bits per heavy atom. The van der Waals surface area contributed by atoms with Crippen LogP contribution in [0.25, 0.3) is 0 Å². The number of hydrogen-bond acceptors (Lipinski definition) is 2. The first-order valence-corrected chi connectivity index (χ1v) is 3.35. The van der Waals surface area contributed by atoms with Gasteiger partial charge in [0.2, 0.25) is 0 Å². The van der Waals surface area contributed by atoms with Crippen LogP contribution in [-0.2, 0) is 4.74 Å². The zero-order chi connectivity index (χ0) is 8.91. The summed E-state index contributed by atoms with van der Waals surface area (Å²) in [5, 5.41) is 0. The molecular weight excluding hydrogens is 159 g/mol. The van der Waals surface area contributed by atoms with Crippen molar-refractivity contribution in [2.24, 2.45) is 5.73 Å². The van der Waals surface area contributed by atoms with Gasteiger partial charge in [-0.15, -0.1) is 0 Å². The van der Waals surface area contributed by atoms with Gasteiger partial charge in [-0.3, -0.25) is 0 Å². The van der Waals surface area contributed by atoms with Crippen molar-refractivity contribution in [3.63, 3.8) is 0 Å². The zero-order valence-electron chi connectivity index (χ0n) is 6.32. The highest BCUT2D eigenvalue weighted by atomic mass is 19.4. The Morgan fingerprint density at radius 1 is 1.45 bits per heavy atom. The van der Waals surface area contributed by atoms with Crippen molar-refractivity contribution >= 4 is 0 Å². The van der Waals surface area contributed by atoms with E-state index in [0.29, 0.717) is 6.42 Å². The second kappa shape index (κ2) is 4.56. The molecule has 0 aliphatic rings. The summed E-state index contributed by atoms with van der Waals surface area (Å²) in [7, 11) is 0. The molecule has 0 rings (SSSR count). The van der Waals surface area contributed by atoms with E-state index in [1.807, 2.05) is 0 Å². The number of ether oxygens (including phenoxy) is 1. The molecule has 5 heteroatoms. The molecule has 68 valence electrons. The number of rotatable bonds is 4. The van der Waals surface area contributed by atoms with E-state index in [2.05, 4.69) is 4.74 Å². The van der Waals surface area contributed by atoms with Crippen molar-refractivity contribution in [2.45, 2.75) is 25.6 Å². The Bertz CT molecular complexity index is 104. The summed E-state index contributed by atoms with van der Waals surface area (Å²) < 4.78 is 38.6. The second-order valence-electron chi connectivity index (χ2n) is 2.30. The molecule has 0 saturated carbocycles. The Balaban J connectivity index is 3.28. The predicted molar refractivity (Wildman–Crippen MR) is 35.1 cm³/mol. The molecule has 2 nitrogen and oxygen atoms in total. The fraction of sp³-hybridized carbons (Fsp3) is 1.00. The lowest BCUT2D eigenvalue weighted by Crippen LogP contribution is -2.28. The fourth-order valence-corrected chi connectivity index (χ4v) is 0.444. The van der Waals surface area contributed by atoms with Crippen molar-refractivity contribution in [2.75, 3.05) is 13.2 Å². The average Bonchev–Trinajstić information content (AvgIpc) is 1.85. The lowest BCUT2D eigenvalue weighted by Gasteiger charge is -2.10. The number of hydrogen-bond donors (Lipinski definition) is 1. The summed E-state index contributed by atoms with van der Waals surface area (Å²) in [5.41, 5.74) is 5.31. The standard InChI is InChI=1S/C6H12F3NO/c1-2-5(10)3-11-4-6(7,8)9/h5H,2-4,10H2,1H3/t5-/m0/s1. The van der Waals surface area contributed by atoms with Crippen molar-refractivity contribution in [3.8, 4) is 0 Å². The van der Waals surface area contributed by atoms with Gasteiger partial charge in [0.25, 0.3) is 0 Å². The molecule has 0 aromatic carbocycles. The van der Waals surface area contributed by atoms with Crippen LogP contribution >= 0.6 is 0 Å². The molecule has 0 amide bonds. The molecule has 0 aromatic heterocycles. The zero-order valence-corrected chi connectivity index (χ0v) is 6.32. The summed E-state index contributed by atoms with van der Waals surface area (Å²) in [6.45, 7) is 0.554. The maximum Gasteiger partial charge on any atom is 0.411 e. The van der Waals surface area contributed by atoms with Gasteiger partial charge in [-0.25, -0.2) is 0 Å². The quantitative estimate of drug-likeness (QED) is 0.692. The van der Waals surface area contributed by atoms with E-state index in [1.165, 1.54) is 0 Å². The first kappa shape index (κ1) is 10.7. The summed E-state index contributed by atoms with van der Waals surface area (Å²) >= 11 is 0. The van der Waals surface area contributed by atoms with E-state index >= 15 is 0 Å². The molecule has 0 aliphatic carbocycles. The minimum Gasteiger partial charge on any atom is -0.370 e. The van der Waals surface area contributed by atoms with Crippen LogP contribution in [0.3, 0.4) is 0 Å². The number of alkyl halides is 3. The summed E-state index contributed by atoms with van der Waals surface area (Å²) in [4.78, 5) is 0. The van der Waals surface area contributed by atoms with Gasteiger partial charge in [0, 0.05) is 6.04 Å². The van der Waals surface area contributed by atoms with Gasteiger partial charge in [-0.05, 0) is 6.42 Å². The van der Waals surface area contributed by atoms with Crippen molar-refractivity contribution in [3.05, 3.63) is 0 Å². The molecule has 0 fully saturated rings. The molecule has 0 unspecified atom stereocenters. The Morgan fingerprint density at radius 3 is 2.36 bits per heavy atom. The third kappa shape index (κ3) is 7.61. The normalized spacial score (nSPS) is 15.0. The predicted octanol–water partition coefficient (Wildman–Crippen LogP) is 1.30. The van der Waals surface area contributed by atoms with E-state index in [9.17, 15) is 13.2 Å². The molecule has 11 heavy (non-hydrogen) atoms. The highest BCUT2D eigenvalue weighted by Gasteiger charge is 2.27. The topological polar surface area (TPSA) is 35.2 Å². The van der Waals surface area contributed by atoms with Gasteiger partial charge in [0.05, 0.1) is 6.61 Å². The van der Waals surface area contributed by atoms with Crippen LogP contribution in [0.5, 0.6) is 0 Å². The van der Waals surface area contributed by atoms with Crippen molar-refractivity contribution in [1.29, 1.82) is 0 Å². The maximum absolute atomic E-state index is 11.4. The monoisotopic (exact) mass is 171 g/mol. The van der Waals surface area contributed by atoms with Gasteiger partial charge >= 0.3 is 6.18 Å². The van der Waals surface area contributed by atoms with E-state index in [-0.39, 0.29) is 12.6 Å². The van der Waals surface area contributed by atoms with Crippen molar-refractivity contribution in [1.82, 2.24) is 0 Å². The van der Waals surface area contributed by atoms with Crippen LogP contribution in [0, 0.1) is 0 Å². The lowest BCUT2D eigenvalue weighted by atomic mass is 10.3. The van der Waals surface area contributed by atoms with Gasteiger partial charge in [-0.1, -0.05) is 6.92 Å². The first-order valence-electron chi connectivity index (χ1n) is 3.35. The van der Waals surface area contributed by atoms with Crippen LogP contribution in [0.2, 0.25) is 0 Å². The highest BCUT2D eigenvalue weighted by molar-refractivity contribution is 4.56. The van der Waals surface area contributed by atoms with E-state index < -0.39 is 12.8 Å². The van der Waals surface area contributed by atoms with Crippen LogP contribution in [0.4, 0.5) is 13.2 Å². The molecule has 2 N–H and O–H groups in total. The molecule has 0 saturated heterocycles. The molecule has 0 aromatic rings. The Hall–Kier alpha value is -0.290. The molecule has 0 aliphatic heterocycles. The summed E-state index contributed by atoms with van der Waals surface area (Å²) in [6.07, 6.45) is -3.62. The fourth-order valence-electron chi connectivity index (χ4n) is 0.444. The first-order chi connectivity index (χ1) is 4.95. The molecular formula is C6H12F3NO. The highest BCUT2D eigenvalue weighted by Crippen LogP contribution is 2.14. The van der Waals surface area contributed by atoms with Crippen molar-refractivity contribution < 1.29 is 17.9 Å². The molecule has 0 radical (unpaired) electrons. The largest absolute Gasteiger partial charge is 0.411 e. The summed E-state index contributed by atoms with van der Waals surface area (Å²) in [6, 6.07) is -0.294. The minimum atomic E-state index is -4.24. The SMILES string of the molecule is CC[C@H](N)COCC(F)(F)F. The van der Waals surface area contributed by atoms with E-state index in [0.717, 1.165) is 0 Å². The van der Waals surface area contributed by atoms with E-state index in [1.54, 1.807) is 6.92 Å². The average molecular weight is 171 g/mol. The minimum absolute atomic E-state index is 0.0317. The van der Waals surface area contributed by atoms with E-state index in [4.69, 9.17) is 5.73 Å². The molecule has 0 bridgehead atoms. The summed E-state index contributed by atoms with van der Waals surface area (Å²) in [5.74, 6) is 0. The molecule has 1 atom stereocenters. The van der Waals surface area contributed by atoms with Gasteiger partial charge < -0.3 is 10.5 Å². The smallest absolute Gasteiger partial charge is 0.370 e. The van der Waals surface area contributed by atoms with Crippen LogP contribution in [0.15, 0.2) is 0 Å². The van der Waals surface area contributed by atoms with Gasteiger partial charge in [-0.2, -0.15) is 13.2 Å². The third-order valence-electron chi connectivity index (χ3n) is 1.12. The van der Waals surface area contributed by atoms with Gasteiger partial charge in [0.15, 0.2) is 0 Å². The second-order valence-corrected chi connectivity index (χ2v) is 2.30. The third-order valence-corrected chi connectivity index (χ3v) is 1.12. The van der Waals surface area contributed by atoms with Crippen LogP contribution in [0.1, 0.15) is 13.3 Å². The van der Waals surface area contributed by atoms with Crippen LogP contribution < -0.4 is 5.73 Å². The number of nitrogens with two attached hydrogens (primary N) is 1.